The van der Waals surface area contributed by atoms with Crippen LogP contribution < -0.4 is 15.6 Å². The quantitative estimate of drug-likeness (QED) is 0.589. The van der Waals surface area contributed by atoms with Crippen LogP contribution in [0.4, 0.5) is 5.69 Å². The summed E-state index contributed by atoms with van der Waals surface area (Å²) in [5.74, 6) is -0.863. The fraction of sp³-hybridized carbons (Fsp3) is 0.308. The minimum absolute atomic E-state index is 0.104. The van der Waals surface area contributed by atoms with Crippen molar-refractivity contribution in [3.8, 4) is 0 Å². The Balaban J connectivity index is 1.59. The number of amides is 3. The topological polar surface area (TPSA) is 105 Å². The van der Waals surface area contributed by atoms with Crippen molar-refractivity contribution in [3.63, 3.8) is 0 Å². The molecule has 3 heterocycles. The first-order valence-electron chi connectivity index (χ1n) is 11.5. The summed E-state index contributed by atoms with van der Waals surface area (Å²) < 4.78 is 6.98. The number of carbonyl (C=O) groups excluding carboxylic acids is 3. The van der Waals surface area contributed by atoms with Crippen molar-refractivity contribution in [2.45, 2.75) is 32.9 Å². The molecule has 0 saturated carbocycles. The average molecular weight is 477 g/mol. The first kappa shape index (κ1) is 24.0. The second kappa shape index (κ2) is 10.0. The van der Waals surface area contributed by atoms with Gasteiger partial charge in [-0.15, -0.1) is 0 Å². The molecular weight excluding hydrogens is 448 g/mol. The van der Waals surface area contributed by atoms with Gasteiger partial charge in [-0.2, -0.15) is 0 Å². The number of carbonyl (C=O) groups is 3. The van der Waals surface area contributed by atoms with Crippen LogP contribution in [0.25, 0.3) is 0 Å². The molecular formula is C26H28N4O5. The van der Waals surface area contributed by atoms with Gasteiger partial charge in [0.25, 0.3) is 11.8 Å². The number of hydrogen-bond acceptors (Lipinski definition) is 5. The molecule has 1 fully saturated rings. The monoisotopic (exact) mass is 476 g/mol. The number of furan rings is 1. The molecule has 0 bridgehead atoms. The molecule has 1 aliphatic rings. The van der Waals surface area contributed by atoms with Crippen LogP contribution in [0.15, 0.2) is 70.3 Å². The summed E-state index contributed by atoms with van der Waals surface area (Å²) in [5.41, 5.74) is -0.194. The average Bonchev–Trinajstić information content (AvgIpc) is 3.39. The molecule has 35 heavy (non-hydrogen) atoms. The number of pyridine rings is 1. The van der Waals surface area contributed by atoms with Crippen molar-refractivity contribution in [2.24, 2.45) is 0 Å². The molecule has 1 atom stereocenters. The summed E-state index contributed by atoms with van der Waals surface area (Å²) in [6.45, 7) is 5.94. The Labute approximate surface area is 202 Å². The van der Waals surface area contributed by atoms with Gasteiger partial charge >= 0.3 is 0 Å². The summed E-state index contributed by atoms with van der Waals surface area (Å²) in [5, 5.41) is 2.75. The lowest BCUT2D eigenvalue weighted by Crippen LogP contribution is -2.53. The lowest BCUT2D eigenvalue weighted by atomic mass is 10.1. The molecule has 0 unspecified atom stereocenters. The van der Waals surface area contributed by atoms with Crippen molar-refractivity contribution in [3.05, 3.63) is 88.2 Å². The van der Waals surface area contributed by atoms with Gasteiger partial charge in [-0.25, -0.2) is 0 Å². The van der Waals surface area contributed by atoms with Gasteiger partial charge in [0.2, 0.25) is 11.3 Å². The van der Waals surface area contributed by atoms with E-state index < -0.39 is 23.3 Å². The highest BCUT2D eigenvalue weighted by molar-refractivity contribution is 6.03. The van der Waals surface area contributed by atoms with E-state index in [0.29, 0.717) is 12.3 Å². The summed E-state index contributed by atoms with van der Waals surface area (Å²) >= 11 is 0. The number of hydrogen-bond donors (Lipinski definition) is 1. The lowest BCUT2D eigenvalue weighted by Gasteiger charge is -2.34. The second-order valence-corrected chi connectivity index (χ2v) is 8.77. The SMILES string of the molecule is CC(C)n1cc(C(=O)N[C@@H](C)c2ccco2)c(=O)c(C(=O)N2CCN(c3ccccc3)C(=O)C2)c1. The van der Waals surface area contributed by atoms with Crippen LogP contribution in [0.5, 0.6) is 0 Å². The molecule has 1 N–H and O–H groups in total. The van der Waals surface area contributed by atoms with Gasteiger partial charge < -0.3 is 24.1 Å². The summed E-state index contributed by atoms with van der Waals surface area (Å²) in [6, 6.07) is 12.1. The van der Waals surface area contributed by atoms with Crippen LogP contribution in [0, 0.1) is 0 Å². The minimum Gasteiger partial charge on any atom is -0.467 e. The molecule has 0 radical (unpaired) electrons. The van der Waals surface area contributed by atoms with Crippen LogP contribution >= 0.6 is 0 Å². The van der Waals surface area contributed by atoms with Crippen LogP contribution in [0.1, 0.15) is 59.3 Å². The van der Waals surface area contributed by atoms with E-state index in [9.17, 15) is 19.2 Å². The third-order valence-corrected chi connectivity index (χ3v) is 6.01. The van der Waals surface area contributed by atoms with E-state index in [1.165, 1.54) is 23.6 Å². The van der Waals surface area contributed by atoms with Crippen LogP contribution in [-0.2, 0) is 4.79 Å². The molecule has 1 aliphatic heterocycles. The molecule has 9 nitrogen and oxygen atoms in total. The van der Waals surface area contributed by atoms with E-state index in [2.05, 4.69) is 5.32 Å². The maximum atomic E-state index is 13.4. The van der Waals surface area contributed by atoms with Gasteiger partial charge in [0.15, 0.2) is 0 Å². The van der Waals surface area contributed by atoms with Gasteiger partial charge in [0.05, 0.1) is 12.3 Å². The first-order chi connectivity index (χ1) is 16.8. The molecule has 9 heteroatoms. The van der Waals surface area contributed by atoms with Gasteiger partial charge in [0, 0.05) is 37.2 Å². The van der Waals surface area contributed by atoms with Gasteiger partial charge in [-0.3, -0.25) is 19.2 Å². The van der Waals surface area contributed by atoms with Gasteiger partial charge in [0.1, 0.15) is 23.4 Å². The summed E-state index contributed by atoms with van der Waals surface area (Å²) in [6.07, 6.45) is 4.41. The highest BCUT2D eigenvalue weighted by Gasteiger charge is 2.31. The van der Waals surface area contributed by atoms with Crippen molar-refractivity contribution >= 4 is 23.4 Å². The Bertz CT molecular complexity index is 1280. The molecule has 182 valence electrons. The molecule has 4 rings (SSSR count). The smallest absolute Gasteiger partial charge is 0.259 e. The Kier molecular flexibility index (Phi) is 6.86. The highest BCUT2D eigenvalue weighted by atomic mass is 16.3. The predicted octanol–water partition coefficient (Wildman–Crippen LogP) is 3.00. The molecule has 3 aromatic rings. The van der Waals surface area contributed by atoms with E-state index >= 15 is 0 Å². The third-order valence-electron chi connectivity index (χ3n) is 6.01. The van der Waals surface area contributed by atoms with Crippen molar-refractivity contribution in [1.29, 1.82) is 0 Å². The number of aromatic nitrogens is 1. The molecule has 1 saturated heterocycles. The molecule has 1 aromatic carbocycles. The summed E-state index contributed by atoms with van der Waals surface area (Å²) in [4.78, 5) is 55.4. The van der Waals surface area contributed by atoms with Gasteiger partial charge in [-0.05, 0) is 45.0 Å². The Morgan fingerprint density at radius 1 is 0.943 bits per heavy atom. The second-order valence-electron chi connectivity index (χ2n) is 8.77. The molecule has 3 amide bonds. The first-order valence-corrected chi connectivity index (χ1v) is 11.5. The highest BCUT2D eigenvalue weighted by Crippen LogP contribution is 2.18. The largest absolute Gasteiger partial charge is 0.467 e. The van der Waals surface area contributed by atoms with E-state index in [-0.39, 0.29) is 36.2 Å². The van der Waals surface area contributed by atoms with Crippen LogP contribution in [-0.4, -0.2) is 46.8 Å². The Hall–Kier alpha value is -4.14. The zero-order chi connectivity index (χ0) is 25.1. The fourth-order valence-corrected chi connectivity index (χ4v) is 3.99. The number of para-hydroxylation sites is 1. The Morgan fingerprint density at radius 3 is 2.29 bits per heavy atom. The number of nitrogens with zero attached hydrogens (tertiary/aromatic N) is 3. The fourth-order valence-electron chi connectivity index (χ4n) is 3.99. The molecule has 0 spiro atoms. The summed E-state index contributed by atoms with van der Waals surface area (Å²) in [7, 11) is 0. The standard InChI is InChI=1S/C26H28N4O5/c1-17(2)29-14-20(25(33)27-18(3)22-10-7-13-35-22)24(32)21(15-29)26(34)28-11-12-30(23(31)16-28)19-8-5-4-6-9-19/h4-10,13-15,17-18H,11-12,16H2,1-3H3,(H,27,33)/t18-/m0/s1. The van der Waals surface area contributed by atoms with Crippen LogP contribution in [0.2, 0.25) is 0 Å². The number of piperazine rings is 1. The zero-order valence-electron chi connectivity index (χ0n) is 19.9. The third kappa shape index (κ3) is 5.03. The van der Waals surface area contributed by atoms with E-state index in [4.69, 9.17) is 4.42 Å². The van der Waals surface area contributed by atoms with E-state index in [1.807, 2.05) is 44.2 Å². The number of nitrogens with one attached hydrogen (secondary N) is 1. The predicted molar refractivity (Wildman–Crippen MR) is 130 cm³/mol. The zero-order valence-corrected chi connectivity index (χ0v) is 19.9. The number of rotatable bonds is 6. The Morgan fingerprint density at radius 2 is 1.66 bits per heavy atom. The van der Waals surface area contributed by atoms with Crippen molar-refractivity contribution in [1.82, 2.24) is 14.8 Å². The van der Waals surface area contributed by atoms with Gasteiger partial charge in [-0.1, -0.05) is 18.2 Å². The number of anilines is 1. The van der Waals surface area contributed by atoms with Crippen molar-refractivity contribution in [2.75, 3.05) is 24.5 Å². The normalized spacial score (nSPS) is 14.8. The van der Waals surface area contributed by atoms with Crippen molar-refractivity contribution < 1.29 is 18.8 Å². The lowest BCUT2D eigenvalue weighted by molar-refractivity contribution is -0.120. The van der Waals surface area contributed by atoms with E-state index in [0.717, 1.165) is 5.69 Å². The van der Waals surface area contributed by atoms with E-state index in [1.54, 1.807) is 28.5 Å². The maximum Gasteiger partial charge on any atom is 0.259 e. The molecule has 2 aromatic heterocycles. The minimum atomic E-state index is -0.672. The number of benzene rings is 1. The molecule has 0 aliphatic carbocycles. The van der Waals surface area contributed by atoms with Crippen LogP contribution in [0.3, 0.4) is 0 Å². The maximum absolute atomic E-state index is 13.4.